The fourth-order valence-corrected chi connectivity index (χ4v) is 6.75. The molecule has 2 heterocycles. The highest BCUT2D eigenvalue weighted by Crippen LogP contribution is 2.43. The van der Waals surface area contributed by atoms with E-state index in [-0.39, 0.29) is 36.7 Å². The summed E-state index contributed by atoms with van der Waals surface area (Å²) < 4.78 is 88.7. The van der Waals surface area contributed by atoms with Gasteiger partial charge in [-0.15, -0.1) is 0 Å². The van der Waals surface area contributed by atoms with Crippen LogP contribution in [0.4, 0.5) is 28.9 Å². The molecule has 0 bridgehead atoms. The topological polar surface area (TPSA) is 87.2 Å². The number of rotatable bonds is 7. The average Bonchev–Trinajstić information content (AvgIpc) is 2.87. The van der Waals surface area contributed by atoms with Gasteiger partial charge in [-0.1, -0.05) is 23.7 Å². The standard InChI is InChI=1S/C27H23ClF4N2O5S/c28-21-5-2-6-22(29)26(21)16-13-33(14-16)18-7-9-24-23(12-18)34(15-19(39-24)8-10-25(35)36)40(37,38)20-4-1-3-17(11-20)27(30,31)32/h1-7,9,11-12,16,19H,8,10,13-15H2,(H,35,36). The van der Waals surface area contributed by atoms with Gasteiger partial charge < -0.3 is 14.7 Å². The van der Waals surface area contributed by atoms with Crippen LogP contribution in [-0.4, -0.2) is 45.2 Å². The maximum atomic E-state index is 14.4. The van der Waals surface area contributed by atoms with E-state index in [1.165, 1.54) is 18.2 Å². The normalized spacial score (nSPS) is 17.7. The molecule has 5 rings (SSSR count). The zero-order chi connectivity index (χ0) is 28.8. The Balaban J connectivity index is 1.48. The zero-order valence-corrected chi connectivity index (χ0v) is 22.3. The van der Waals surface area contributed by atoms with Gasteiger partial charge in [0.05, 0.1) is 22.7 Å². The number of alkyl halides is 3. The van der Waals surface area contributed by atoms with E-state index in [0.29, 0.717) is 35.4 Å². The van der Waals surface area contributed by atoms with Gasteiger partial charge in [0.15, 0.2) is 0 Å². The lowest BCUT2D eigenvalue weighted by Crippen LogP contribution is -2.46. The van der Waals surface area contributed by atoms with Crippen LogP contribution in [0.25, 0.3) is 0 Å². The van der Waals surface area contributed by atoms with E-state index in [1.807, 2.05) is 4.90 Å². The lowest BCUT2D eigenvalue weighted by molar-refractivity contribution is -0.138. The van der Waals surface area contributed by atoms with E-state index in [2.05, 4.69) is 0 Å². The SMILES string of the molecule is O=C(O)CCC1CN(S(=O)(=O)c2cccc(C(F)(F)F)c2)c2cc(N3CC(c4c(F)cccc4Cl)C3)ccc2O1. The number of ether oxygens (including phenoxy) is 1. The molecule has 2 aliphatic rings. The molecule has 13 heteroatoms. The molecule has 212 valence electrons. The molecule has 1 atom stereocenters. The van der Waals surface area contributed by atoms with Gasteiger partial charge in [-0.05, 0) is 55.0 Å². The smallest absolute Gasteiger partial charge is 0.416 e. The highest BCUT2D eigenvalue weighted by molar-refractivity contribution is 7.92. The summed E-state index contributed by atoms with van der Waals surface area (Å²) in [6, 6.07) is 12.7. The maximum absolute atomic E-state index is 14.4. The Morgan fingerprint density at radius 1 is 1.05 bits per heavy atom. The van der Waals surface area contributed by atoms with Crippen LogP contribution in [0.5, 0.6) is 5.75 Å². The third kappa shape index (κ3) is 5.42. The van der Waals surface area contributed by atoms with Gasteiger partial charge in [0, 0.05) is 41.7 Å². The van der Waals surface area contributed by atoms with E-state index < -0.39 is 44.5 Å². The predicted octanol–water partition coefficient (Wildman–Crippen LogP) is 5.92. The minimum atomic E-state index is -4.75. The Kier molecular flexibility index (Phi) is 7.34. The van der Waals surface area contributed by atoms with Gasteiger partial charge in [0.2, 0.25) is 0 Å². The molecule has 3 aromatic rings. The van der Waals surface area contributed by atoms with E-state index in [4.69, 9.17) is 21.4 Å². The van der Waals surface area contributed by atoms with Crippen LogP contribution in [0.1, 0.15) is 29.9 Å². The first-order chi connectivity index (χ1) is 18.8. The Hall–Kier alpha value is -3.51. The minimum absolute atomic E-state index is 0.0116. The summed E-state index contributed by atoms with van der Waals surface area (Å²) in [5.74, 6) is -1.55. The van der Waals surface area contributed by atoms with Gasteiger partial charge in [0.1, 0.15) is 17.7 Å². The van der Waals surface area contributed by atoms with E-state index in [9.17, 15) is 30.8 Å². The highest BCUT2D eigenvalue weighted by Gasteiger charge is 2.38. The number of carboxylic acids is 1. The first-order valence-corrected chi connectivity index (χ1v) is 14.1. The first-order valence-electron chi connectivity index (χ1n) is 12.3. The van der Waals surface area contributed by atoms with E-state index >= 15 is 0 Å². The molecule has 1 saturated heterocycles. The van der Waals surface area contributed by atoms with Crippen molar-refractivity contribution in [3.8, 4) is 5.75 Å². The van der Waals surface area contributed by atoms with Crippen molar-refractivity contribution in [2.75, 3.05) is 28.8 Å². The van der Waals surface area contributed by atoms with Crippen molar-refractivity contribution in [3.05, 3.63) is 82.6 Å². The number of carbonyl (C=O) groups is 1. The summed E-state index contributed by atoms with van der Waals surface area (Å²) in [4.78, 5) is 12.4. The first kappa shape index (κ1) is 28.0. The second-order valence-corrected chi connectivity index (χ2v) is 11.9. The molecule has 0 aliphatic carbocycles. The largest absolute Gasteiger partial charge is 0.486 e. The number of fused-ring (bicyclic) bond motifs is 1. The number of hydrogen-bond donors (Lipinski definition) is 1. The van der Waals surface area contributed by atoms with Crippen LogP contribution in [0, 0.1) is 5.82 Å². The number of hydrogen-bond acceptors (Lipinski definition) is 5. The molecular weight excluding hydrogens is 576 g/mol. The number of sulfonamides is 1. The molecule has 0 saturated carbocycles. The lowest BCUT2D eigenvalue weighted by atomic mass is 9.90. The average molecular weight is 599 g/mol. The molecule has 0 radical (unpaired) electrons. The van der Waals surface area contributed by atoms with Gasteiger partial charge in [0.25, 0.3) is 10.0 Å². The minimum Gasteiger partial charge on any atom is -0.486 e. The van der Waals surface area contributed by atoms with Crippen molar-refractivity contribution in [3.63, 3.8) is 0 Å². The number of aliphatic carboxylic acids is 1. The Labute approximate surface area is 232 Å². The molecule has 1 N–H and O–H groups in total. The van der Waals surface area contributed by atoms with Gasteiger partial charge in [-0.25, -0.2) is 12.8 Å². The second-order valence-electron chi connectivity index (χ2n) is 9.62. The number of halogens is 5. The van der Waals surface area contributed by atoms with Gasteiger partial charge >= 0.3 is 12.1 Å². The van der Waals surface area contributed by atoms with Crippen LogP contribution in [0.15, 0.2) is 65.6 Å². The van der Waals surface area contributed by atoms with Crippen LogP contribution < -0.4 is 13.9 Å². The summed E-state index contributed by atoms with van der Waals surface area (Å²) >= 11 is 6.20. The monoisotopic (exact) mass is 598 g/mol. The van der Waals surface area contributed by atoms with Crippen molar-refractivity contribution in [2.24, 2.45) is 0 Å². The zero-order valence-electron chi connectivity index (χ0n) is 20.7. The Bertz CT molecular complexity index is 1540. The van der Waals surface area contributed by atoms with Crippen molar-refractivity contribution in [2.45, 2.75) is 35.9 Å². The van der Waals surface area contributed by atoms with Crippen LogP contribution in [-0.2, 0) is 21.0 Å². The number of anilines is 2. The molecule has 3 aromatic carbocycles. The summed E-state index contributed by atoms with van der Waals surface area (Å²) in [5, 5.41) is 9.40. The molecule has 0 amide bonds. The molecule has 40 heavy (non-hydrogen) atoms. The van der Waals surface area contributed by atoms with Crippen LogP contribution in [0.2, 0.25) is 5.02 Å². The summed E-state index contributed by atoms with van der Waals surface area (Å²) in [6.07, 6.45) is -5.89. The van der Waals surface area contributed by atoms with E-state index in [1.54, 1.807) is 18.2 Å². The van der Waals surface area contributed by atoms with Crippen molar-refractivity contribution < 1.29 is 40.6 Å². The molecule has 0 aromatic heterocycles. The highest BCUT2D eigenvalue weighted by atomic mass is 35.5. The fourth-order valence-electron chi connectivity index (χ4n) is 4.89. The van der Waals surface area contributed by atoms with Gasteiger partial charge in [-0.3, -0.25) is 9.10 Å². The second kappa shape index (κ2) is 10.5. The van der Waals surface area contributed by atoms with Gasteiger partial charge in [-0.2, -0.15) is 13.2 Å². The summed E-state index contributed by atoms with van der Waals surface area (Å²) in [5.41, 5.74) is -0.0125. The van der Waals surface area contributed by atoms with Crippen molar-refractivity contribution in [1.82, 2.24) is 0 Å². The molecule has 0 spiro atoms. The third-order valence-corrected chi connectivity index (χ3v) is 9.06. The molecular formula is C27H23ClF4N2O5S. The number of benzene rings is 3. The third-order valence-electron chi connectivity index (χ3n) is 6.96. The fraction of sp³-hybridized carbons (Fsp3) is 0.296. The predicted molar refractivity (Wildman–Crippen MR) is 140 cm³/mol. The van der Waals surface area contributed by atoms with Crippen molar-refractivity contribution >= 4 is 39.0 Å². The maximum Gasteiger partial charge on any atom is 0.416 e. The summed E-state index contributed by atoms with van der Waals surface area (Å²) in [6.45, 7) is 0.513. The quantitative estimate of drug-likeness (QED) is 0.340. The van der Waals surface area contributed by atoms with E-state index in [0.717, 1.165) is 22.5 Å². The Morgan fingerprint density at radius 3 is 2.45 bits per heavy atom. The molecule has 2 aliphatic heterocycles. The summed E-state index contributed by atoms with van der Waals surface area (Å²) in [7, 11) is -4.51. The molecule has 1 fully saturated rings. The van der Waals surface area contributed by atoms with Crippen molar-refractivity contribution in [1.29, 1.82) is 0 Å². The number of nitrogens with zero attached hydrogens (tertiary/aromatic N) is 2. The Morgan fingerprint density at radius 2 is 1.77 bits per heavy atom. The molecule has 1 unspecified atom stereocenters. The number of carboxylic acid groups (broad SMARTS) is 1. The van der Waals surface area contributed by atoms with Crippen LogP contribution in [0.3, 0.4) is 0 Å². The molecule has 7 nitrogen and oxygen atoms in total. The lowest BCUT2D eigenvalue weighted by Gasteiger charge is -2.43. The van der Waals surface area contributed by atoms with Crippen LogP contribution >= 0.6 is 11.6 Å².